The molecule has 1 aromatic carbocycles. The third-order valence-electron chi connectivity index (χ3n) is 4.54. The average molecular weight is 383 g/mol. The van der Waals surface area contributed by atoms with Gasteiger partial charge in [0.2, 0.25) is 15.0 Å². The minimum absolute atomic E-state index is 0.230. The molecule has 3 aromatic heterocycles. The number of ether oxygens (including phenoxy) is 1. The van der Waals surface area contributed by atoms with E-state index in [1.807, 2.05) is 32.0 Å². The monoisotopic (exact) mass is 383 g/mol. The number of nitrogens with zero attached hydrogens (tertiary/aromatic N) is 5. The number of hydrogen-bond acceptors (Lipinski definition) is 7. The van der Waals surface area contributed by atoms with Gasteiger partial charge in [-0.2, -0.15) is 4.98 Å². The van der Waals surface area contributed by atoms with Crippen molar-refractivity contribution >= 4 is 26.5 Å². The van der Waals surface area contributed by atoms with Crippen molar-refractivity contribution in [3.63, 3.8) is 0 Å². The van der Waals surface area contributed by atoms with Crippen LogP contribution in [0.4, 0.5) is 0 Å². The van der Waals surface area contributed by atoms with Crippen LogP contribution in [0.25, 0.3) is 27.8 Å². The molecule has 0 fully saturated rings. The van der Waals surface area contributed by atoms with Gasteiger partial charge in [-0.05, 0) is 42.7 Å². The van der Waals surface area contributed by atoms with Gasteiger partial charge in [-0.25, -0.2) is 13.4 Å². The van der Waals surface area contributed by atoms with Gasteiger partial charge in [-0.1, -0.05) is 6.07 Å². The summed E-state index contributed by atoms with van der Waals surface area (Å²) in [5.41, 5.74) is 4.90. The van der Waals surface area contributed by atoms with Gasteiger partial charge in [0.15, 0.2) is 11.3 Å². The van der Waals surface area contributed by atoms with Crippen LogP contribution in [0.5, 0.6) is 5.75 Å². The van der Waals surface area contributed by atoms with E-state index in [9.17, 15) is 8.42 Å². The van der Waals surface area contributed by atoms with Gasteiger partial charge in [-0.3, -0.25) is 4.40 Å². The normalized spacial score (nSPS) is 12.0. The lowest BCUT2D eigenvalue weighted by Crippen LogP contribution is -2.06. The highest BCUT2D eigenvalue weighted by molar-refractivity contribution is 7.90. The van der Waals surface area contributed by atoms with Gasteiger partial charge in [0, 0.05) is 23.4 Å². The van der Waals surface area contributed by atoms with Crippen LogP contribution in [0.15, 0.2) is 35.9 Å². The van der Waals surface area contributed by atoms with E-state index in [0.717, 1.165) is 34.3 Å². The van der Waals surface area contributed by atoms with Gasteiger partial charge in [0.25, 0.3) is 0 Å². The maximum atomic E-state index is 11.8. The first-order valence-electron chi connectivity index (χ1n) is 8.15. The summed E-state index contributed by atoms with van der Waals surface area (Å²) in [6, 6.07) is 5.82. The van der Waals surface area contributed by atoms with Crippen molar-refractivity contribution in [1.29, 1.82) is 0 Å². The van der Waals surface area contributed by atoms with Crippen molar-refractivity contribution in [2.24, 2.45) is 0 Å². The van der Waals surface area contributed by atoms with E-state index in [4.69, 9.17) is 4.74 Å². The molecule has 0 atom stereocenters. The molecule has 0 aliphatic heterocycles. The molecule has 0 aliphatic rings. The number of methoxy groups -OCH3 is 1. The van der Waals surface area contributed by atoms with E-state index >= 15 is 0 Å². The van der Waals surface area contributed by atoms with Gasteiger partial charge in [0.1, 0.15) is 12.1 Å². The van der Waals surface area contributed by atoms with Crippen LogP contribution in [0, 0.1) is 13.8 Å². The quantitative estimate of drug-likeness (QED) is 0.501. The van der Waals surface area contributed by atoms with Crippen LogP contribution in [-0.4, -0.2) is 46.3 Å². The first-order chi connectivity index (χ1) is 12.8. The fourth-order valence-corrected chi connectivity index (χ4v) is 3.78. The first-order valence-corrected chi connectivity index (χ1v) is 10.0. The van der Waals surface area contributed by atoms with Crippen LogP contribution in [0.3, 0.4) is 0 Å². The van der Waals surface area contributed by atoms with Crippen LogP contribution >= 0.6 is 0 Å². The molecular formula is C18H17N5O3S. The molecule has 0 bridgehead atoms. The molecule has 138 valence electrons. The van der Waals surface area contributed by atoms with E-state index in [0.29, 0.717) is 16.7 Å². The molecule has 3 heterocycles. The lowest BCUT2D eigenvalue weighted by atomic mass is 9.95. The van der Waals surface area contributed by atoms with Crippen LogP contribution < -0.4 is 4.74 Å². The zero-order valence-electron chi connectivity index (χ0n) is 15.3. The van der Waals surface area contributed by atoms with E-state index in [1.165, 1.54) is 12.5 Å². The minimum Gasteiger partial charge on any atom is -0.496 e. The number of pyridine rings is 1. The zero-order chi connectivity index (χ0) is 19.3. The van der Waals surface area contributed by atoms with Crippen LogP contribution in [0.1, 0.15) is 11.1 Å². The molecule has 8 nitrogen and oxygen atoms in total. The Morgan fingerprint density at radius 3 is 2.63 bits per heavy atom. The number of benzene rings is 1. The molecule has 0 spiro atoms. The Bertz CT molecular complexity index is 1310. The maximum Gasteiger partial charge on any atom is 0.248 e. The summed E-state index contributed by atoms with van der Waals surface area (Å²) in [4.78, 5) is 8.22. The number of aromatic nitrogens is 5. The van der Waals surface area contributed by atoms with E-state index in [1.54, 1.807) is 11.5 Å². The molecule has 0 unspecified atom stereocenters. The van der Waals surface area contributed by atoms with Crippen molar-refractivity contribution in [1.82, 2.24) is 24.6 Å². The summed E-state index contributed by atoms with van der Waals surface area (Å²) in [5, 5.41) is 8.70. The zero-order valence-corrected chi connectivity index (χ0v) is 16.1. The second-order valence-electron chi connectivity index (χ2n) is 6.37. The number of aryl methyl sites for hydroxylation is 1. The molecule has 27 heavy (non-hydrogen) atoms. The number of sulfone groups is 1. The third kappa shape index (κ3) is 2.71. The lowest BCUT2D eigenvalue weighted by Gasteiger charge is -2.15. The summed E-state index contributed by atoms with van der Waals surface area (Å²) in [7, 11) is -1.89. The Morgan fingerprint density at radius 1 is 1.15 bits per heavy atom. The standard InChI is InChI=1S/C18H17N5O3S/c1-10-5-6-14(26-3)11(2)15(10)13-7-12-8-19-18(27(4,24)25)21-16(12)23-9-20-22-17(13)23/h5-9H,1-4H3. The predicted molar refractivity (Wildman–Crippen MR) is 101 cm³/mol. The van der Waals surface area contributed by atoms with Gasteiger partial charge in [0.05, 0.1) is 7.11 Å². The Kier molecular flexibility index (Phi) is 3.84. The highest BCUT2D eigenvalue weighted by Gasteiger charge is 2.19. The summed E-state index contributed by atoms with van der Waals surface area (Å²) in [5.74, 6) is 0.775. The molecule has 0 N–H and O–H groups in total. The highest BCUT2D eigenvalue weighted by Crippen LogP contribution is 2.36. The van der Waals surface area contributed by atoms with Crippen molar-refractivity contribution in [2.75, 3.05) is 13.4 Å². The fraction of sp³-hybridized carbons (Fsp3) is 0.222. The Balaban J connectivity index is 2.11. The van der Waals surface area contributed by atoms with E-state index < -0.39 is 9.84 Å². The molecular weight excluding hydrogens is 366 g/mol. The maximum absolute atomic E-state index is 11.8. The summed E-state index contributed by atoms with van der Waals surface area (Å²) >= 11 is 0. The summed E-state index contributed by atoms with van der Waals surface area (Å²) in [6.07, 6.45) is 4.10. The van der Waals surface area contributed by atoms with Crippen molar-refractivity contribution in [3.8, 4) is 16.9 Å². The molecule has 0 aliphatic carbocycles. The Labute approximate surface area is 155 Å². The Hall–Kier alpha value is -3.07. The lowest BCUT2D eigenvalue weighted by molar-refractivity contribution is 0.412. The summed E-state index contributed by atoms with van der Waals surface area (Å²) < 4.78 is 30.8. The average Bonchev–Trinajstić information content (AvgIpc) is 3.11. The number of hydrogen-bond donors (Lipinski definition) is 0. The molecule has 0 radical (unpaired) electrons. The minimum atomic E-state index is -3.52. The van der Waals surface area contributed by atoms with Gasteiger partial charge in [-0.15, -0.1) is 10.2 Å². The van der Waals surface area contributed by atoms with Crippen LogP contribution in [0.2, 0.25) is 0 Å². The molecule has 0 amide bonds. The largest absolute Gasteiger partial charge is 0.496 e. The van der Waals surface area contributed by atoms with Gasteiger partial charge >= 0.3 is 0 Å². The van der Waals surface area contributed by atoms with Crippen molar-refractivity contribution < 1.29 is 13.2 Å². The predicted octanol–water partition coefficient (Wildman–Crippen LogP) is 2.37. The van der Waals surface area contributed by atoms with Crippen molar-refractivity contribution in [2.45, 2.75) is 19.0 Å². The third-order valence-corrected chi connectivity index (χ3v) is 5.40. The molecule has 4 aromatic rings. The summed E-state index contributed by atoms with van der Waals surface area (Å²) in [6.45, 7) is 4.00. The first kappa shape index (κ1) is 17.3. The second kappa shape index (κ2) is 5.98. The van der Waals surface area contributed by atoms with E-state index in [2.05, 4.69) is 20.2 Å². The van der Waals surface area contributed by atoms with Crippen LogP contribution in [-0.2, 0) is 9.84 Å². The van der Waals surface area contributed by atoms with E-state index in [-0.39, 0.29) is 5.16 Å². The van der Waals surface area contributed by atoms with Gasteiger partial charge < -0.3 is 4.74 Å². The smallest absolute Gasteiger partial charge is 0.248 e. The fourth-order valence-electron chi connectivity index (χ4n) is 3.28. The molecule has 9 heteroatoms. The number of fused-ring (bicyclic) bond motifs is 3. The topological polar surface area (TPSA) is 99.3 Å². The Morgan fingerprint density at radius 2 is 1.93 bits per heavy atom. The molecule has 4 rings (SSSR count). The number of rotatable bonds is 3. The second-order valence-corrected chi connectivity index (χ2v) is 8.28. The molecule has 0 saturated carbocycles. The molecule has 0 saturated heterocycles. The highest BCUT2D eigenvalue weighted by atomic mass is 32.2. The van der Waals surface area contributed by atoms with Crippen molar-refractivity contribution in [3.05, 3.63) is 41.9 Å². The SMILES string of the molecule is COc1ccc(C)c(-c2cc3cnc(S(C)(=O)=O)nc3n3cnnc23)c1C.